The molecular weight excluding hydrogens is 198 g/mol. The fourth-order valence-corrected chi connectivity index (χ4v) is 1.73. The van der Waals surface area contributed by atoms with Crippen molar-refractivity contribution in [2.45, 2.75) is 33.1 Å². The monoisotopic (exact) mass is 213 g/mol. The van der Waals surface area contributed by atoms with Crippen molar-refractivity contribution >= 4 is 27.4 Å². The molecule has 0 saturated carbocycles. The van der Waals surface area contributed by atoms with E-state index in [0.29, 0.717) is 16.6 Å². The normalized spacial score (nSPS) is 10.1. The molecule has 3 N–H and O–H groups in total. The molecule has 0 aromatic carbocycles. The standard InChI is InChI=1S/C9H15N3OS/c1-3-4-5-7(13)12-9-11-6(2)8(10)14-9/h3-5,10H2,1-2H3,(H,11,12,13). The van der Waals surface area contributed by atoms with Crippen molar-refractivity contribution in [1.82, 2.24) is 4.98 Å². The van der Waals surface area contributed by atoms with Gasteiger partial charge in [-0.3, -0.25) is 4.79 Å². The van der Waals surface area contributed by atoms with Gasteiger partial charge in [0, 0.05) is 6.42 Å². The first kappa shape index (κ1) is 11.0. The van der Waals surface area contributed by atoms with Crippen LogP contribution in [0.2, 0.25) is 0 Å². The van der Waals surface area contributed by atoms with E-state index in [2.05, 4.69) is 17.2 Å². The Labute approximate surface area is 87.5 Å². The molecule has 0 spiro atoms. The number of thiazole rings is 1. The van der Waals surface area contributed by atoms with Gasteiger partial charge in [0.25, 0.3) is 0 Å². The first-order chi connectivity index (χ1) is 6.63. The minimum absolute atomic E-state index is 0.0144. The molecule has 0 aliphatic heterocycles. The number of nitrogen functional groups attached to an aromatic ring is 1. The molecule has 0 aliphatic carbocycles. The van der Waals surface area contributed by atoms with E-state index in [1.54, 1.807) is 0 Å². The van der Waals surface area contributed by atoms with Gasteiger partial charge < -0.3 is 11.1 Å². The maximum Gasteiger partial charge on any atom is 0.226 e. The molecule has 0 fully saturated rings. The molecule has 1 rings (SSSR count). The number of anilines is 2. The fraction of sp³-hybridized carbons (Fsp3) is 0.556. The number of hydrogen-bond acceptors (Lipinski definition) is 4. The lowest BCUT2D eigenvalue weighted by Crippen LogP contribution is -2.10. The summed E-state index contributed by atoms with van der Waals surface area (Å²) in [5.74, 6) is 0.0144. The van der Waals surface area contributed by atoms with Gasteiger partial charge in [-0.15, -0.1) is 0 Å². The Morgan fingerprint density at radius 2 is 2.36 bits per heavy atom. The average molecular weight is 213 g/mol. The summed E-state index contributed by atoms with van der Waals surface area (Å²) in [6, 6.07) is 0. The maximum absolute atomic E-state index is 11.3. The van der Waals surface area contributed by atoms with Crippen molar-refractivity contribution in [2.24, 2.45) is 0 Å². The van der Waals surface area contributed by atoms with Gasteiger partial charge in [0.15, 0.2) is 5.13 Å². The van der Waals surface area contributed by atoms with Crippen LogP contribution in [0.5, 0.6) is 0 Å². The van der Waals surface area contributed by atoms with E-state index in [4.69, 9.17) is 5.73 Å². The molecule has 0 atom stereocenters. The number of carbonyl (C=O) groups excluding carboxylic acids is 1. The van der Waals surface area contributed by atoms with Crippen molar-refractivity contribution < 1.29 is 4.79 Å². The number of amides is 1. The number of nitrogens with two attached hydrogens (primary N) is 1. The van der Waals surface area contributed by atoms with Crippen LogP contribution >= 0.6 is 11.3 Å². The number of carbonyl (C=O) groups is 1. The number of aromatic nitrogens is 1. The summed E-state index contributed by atoms with van der Waals surface area (Å²) in [6.45, 7) is 3.88. The summed E-state index contributed by atoms with van der Waals surface area (Å²) in [5, 5.41) is 3.99. The molecule has 5 heteroatoms. The van der Waals surface area contributed by atoms with Gasteiger partial charge >= 0.3 is 0 Å². The van der Waals surface area contributed by atoms with Crippen molar-refractivity contribution in [3.8, 4) is 0 Å². The molecule has 1 aromatic heterocycles. The first-order valence-electron chi connectivity index (χ1n) is 4.66. The predicted octanol–water partition coefficient (Wildman–Crippen LogP) is 2.16. The summed E-state index contributed by atoms with van der Waals surface area (Å²) in [4.78, 5) is 15.4. The van der Waals surface area contributed by atoms with Gasteiger partial charge in [-0.1, -0.05) is 24.7 Å². The third kappa shape index (κ3) is 2.99. The number of nitrogens with one attached hydrogen (secondary N) is 1. The van der Waals surface area contributed by atoms with Gasteiger partial charge in [-0.25, -0.2) is 4.98 Å². The van der Waals surface area contributed by atoms with E-state index in [9.17, 15) is 4.79 Å². The lowest BCUT2D eigenvalue weighted by atomic mass is 10.2. The third-order valence-electron chi connectivity index (χ3n) is 1.84. The van der Waals surface area contributed by atoms with Gasteiger partial charge in [0.05, 0.1) is 5.69 Å². The Hall–Kier alpha value is -1.10. The number of unbranched alkanes of at least 4 members (excludes halogenated alkanes) is 1. The fourth-order valence-electron chi connectivity index (χ4n) is 0.981. The number of nitrogens with zero attached hydrogens (tertiary/aromatic N) is 1. The van der Waals surface area contributed by atoms with Gasteiger partial charge in [-0.2, -0.15) is 0 Å². The van der Waals surface area contributed by atoms with E-state index in [0.717, 1.165) is 18.5 Å². The summed E-state index contributed by atoms with van der Waals surface area (Å²) in [5.41, 5.74) is 6.40. The van der Waals surface area contributed by atoms with Crippen LogP contribution in [0.3, 0.4) is 0 Å². The van der Waals surface area contributed by atoms with E-state index < -0.39 is 0 Å². The van der Waals surface area contributed by atoms with Crippen molar-refractivity contribution in [3.63, 3.8) is 0 Å². The first-order valence-corrected chi connectivity index (χ1v) is 5.48. The van der Waals surface area contributed by atoms with Crippen LogP contribution in [-0.2, 0) is 4.79 Å². The molecule has 0 bridgehead atoms. The number of hydrogen-bond donors (Lipinski definition) is 2. The number of aryl methyl sites for hydroxylation is 1. The quantitative estimate of drug-likeness (QED) is 0.805. The van der Waals surface area contributed by atoms with Crippen LogP contribution in [0.4, 0.5) is 10.1 Å². The molecule has 4 nitrogen and oxygen atoms in total. The zero-order valence-corrected chi connectivity index (χ0v) is 9.28. The highest BCUT2D eigenvalue weighted by atomic mass is 32.1. The van der Waals surface area contributed by atoms with Crippen LogP contribution in [0.25, 0.3) is 0 Å². The second-order valence-electron chi connectivity index (χ2n) is 3.12. The Kier molecular flexibility index (Phi) is 3.88. The Morgan fingerprint density at radius 1 is 1.64 bits per heavy atom. The van der Waals surface area contributed by atoms with Gasteiger partial charge in [0.1, 0.15) is 5.00 Å². The smallest absolute Gasteiger partial charge is 0.226 e. The van der Waals surface area contributed by atoms with Crippen molar-refractivity contribution in [2.75, 3.05) is 11.1 Å². The predicted molar refractivity (Wildman–Crippen MR) is 59.4 cm³/mol. The SMILES string of the molecule is CCCCC(=O)Nc1nc(C)c(N)s1. The largest absolute Gasteiger partial charge is 0.389 e. The topological polar surface area (TPSA) is 68.0 Å². The lowest BCUT2D eigenvalue weighted by Gasteiger charge is -1.98. The molecule has 0 aliphatic rings. The zero-order chi connectivity index (χ0) is 10.6. The maximum atomic E-state index is 11.3. The minimum atomic E-state index is 0.0144. The highest BCUT2D eigenvalue weighted by Gasteiger charge is 2.07. The van der Waals surface area contributed by atoms with E-state index in [1.165, 1.54) is 11.3 Å². The summed E-state index contributed by atoms with van der Waals surface area (Å²) in [7, 11) is 0. The van der Waals surface area contributed by atoms with Crippen LogP contribution < -0.4 is 11.1 Å². The Morgan fingerprint density at radius 3 is 2.86 bits per heavy atom. The molecular formula is C9H15N3OS. The second-order valence-corrected chi connectivity index (χ2v) is 4.15. The third-order valence-corrected chi connectivity index (χ3v) is 2.74. The Balaban J connectivity index is 2.48. The van der Waals surface area contributed by atoms with Crippen molar-refractivity contribution in [3.05, 3.63) is 5.69 Å². The molecule has 1 heterocycles. The van der Waals surface area contributed by atoms with E-state index in [-0.39, 0.29) is 5.91 Å². The minimum Gasteiger partial charge on any atom is -0.389 e. The molecule has 0 unspecified atom stereocenters. The van der Waals surface area contributed by atoms with Crippen LogP contribution in [0.15, 0.2) is 0 Å². The zero-order valence-electron chi connectivity index (χ0n) is 8.46. The van der Waals surface area contributed by atoms with Crippen LogP contribution in [-0.4, -0.2) is 10.9 Å². The van der Waals surface area contributed by atoms with E-state index in [1.807, 2.05) is 6.92 Å². The van der Waals surface area contributed by atoms with E-state index >= 15 is 0 Å². The molecule has 14 heavy (non-hydrogen) atoms. The van der Waals surface area contributed by atoms with Crippen LogP contribution in [0.1, 0.15) is 31.9 Å². The lowest BCUT2D eigenvalue weighted by molar-refractivity contribution is -0.116. The summed E-state index contributed by atoms with van der Waals surface area (Å²) < 4.78 is 0. The molecule has 0 radical (unpaired) electrons. The highest BCUT2D eigenvalue weighted by molar-refractivity contribution is 7.19. The summed E-state index contributed by atoms with van der Waals surface area (Å²) in [6.07, 6.45) is 2.48. The molecule has 1 amide bonds. The van der Waals surface area contributed by atoms with Gasteiger partial charge in [0.2, 0.25) is 5.91 Å². The van der Waals surface area contributed by atoms with Crippen LogP contribution in [0, 0.1) is 6.92 Å². The second kappa shape index (κ2) is 4.95. The Bertz CT molecular complexity index is 302. The van der Waals surface area contributed by atoms with Gasteiger partial charge in [-0.05, 0) is 13.3 Å². The number of rotatable bonds is 4. The molecule has 1 aromatic rings. The highest BCUT2D eigenvalue weighted by Crippen LogP contribution is 2.24. The van der Waals surface area contributed by atoms with Crippen molar-refractivity contribution in [1.29, 1.82) is 0 Å². The molecule has 78 valence electrons. The molecule has 0 saturated heterocycles. The average Bonchev–Trinajstić information content (AvgIpc) is 2.42. The summed E-state index contributed by atoms with van der Waals surface area (Å²) >= 11 is 1.31.